The van der Waals surface area contributed by atoms with Crippen molar-refractivity contribution in [2.75, 3.05) is 33.3 Å². The smallest absolute Gasteiger partial charge is 0.310 e. The molecule has 0 N–H and O–H groups in total. The van der Waals surface area contributed by atoms with Crippen molar-refractivity contribution in [2.45, 2.75) is 51.3 Å². The Morgan fingerprint density at radius 3 is 2.17 bits per heavy atom. The lowest BCUT2D eigenvalue weighted by Gasteiger charge is -2.34. The highest BCUT2D eigenvalue weighted by atomic mass is 32.2. The summed E-state index contributed by atoms with van der Waals surface area (Å²) in [5.74, 6) is -0.651. The van der Waals surface area contributed by atoms with Crippen LogP contribution in [0.3, 0.4) is 0 Å². The van der Waals surface area contributed by atoms with Crippen molar-refractivity contribution in [1.29, 1.82) is 0 Å². The van der Waals surface area contributed by atoms with Gasteiger partial charge in [-0.25, -0.2) is 8.42 Å². The second-order valence-electron chi connectivity index (χ2n) is 8.20. The van der Waals surface area contributed by atoms with Crippen LogP contribution in [0.15, 0.2) is 29.2 Å². The maximum absolute atomic E-state index is 13.0. The first-order valence-corrected chi connectivity index (χ1v) is 12.0. The first kappa shape index (κ1) is 24.3. The molecule has 1 aromatic rings. The summed E-state index contributed by atoms with van der Waals surface area (Å²) in [5.41, 5.74) is 1.10. The van der Waals surface area contributed by atoms with Gasteiger partial charge in [-0.15, -0.1) is 0 Å². The van der Waals surface area contributed by atoms with Gasteiger partial charge in [-0.1, -0.05) is 32.9 Å². The molecule has 1 amide bonds. The van der Waals surface area contributed by atoms with Gasteiger partial charge in [-0.05, 0) is 43.4 Å². The zero-order valence-electron chi connectivity index (χ0n) is 18.6. The summed E-state index contributed by atoms with van der Waals surface area (Å²) in [6.45, 7) is 9.19. The van der Waals surface area contributed by atoms with E-state index in [1.165, 1.54) is 11.4 Å². The molecule has 1 fully saturated rings. The third-order valence-electron chi connectivity index (χ3n) is 5.78. The van der Waals surface area contributed by atoms with Crippen molar-refractivity contribution in [3.05, 3.63) is 29.8 Å². The number of benzene rings is 1. The number of hydrogen-bond donors (Lipinski definition) is 0. The molecule has 30 heavy (non-hydrogen) atoms. The van der Waals surface area contributed by atoms with Gasteiger partial charge in [0.1, 0.15) is 0 Å². The van der Waals surface area contributed by atoms with Gasteiger partial charge in [0.15, 0.2) is 0 Å². The summed E-state index contributed by atoms with van der Waals surface area (Å²) >= 11 is 0. The van der Waals surface area contributed by atoms with E-state index < -0.39 is 15.9 Å². The molecule has 0 aromatic heterocycles. The van der Waals surface area contributed by atoms with Gasteiger partial charge < -0.3 is 9.64 Å². The van der Waals surface area contributed by atoms with E-state index in [0.717, 1.165) is 5.56 Å². The molecule has 0 aliphatic carbocycles. The first-order chi connectivity index (χ1) is 14.1. The SMILES string of the molecule is CCN(CC(C)C(=O)OC)C(=O)C1CCN(S(=O)(=O)c2ccc(C(C)C)cc2)CC1. The van der Waals surface area contributed by atoms with Crippen molar-refractivity contribution in [1.82, 2.24) is 9.21 Å². The summed E-state index contributed by atoms with van der Waals surface area (Å²) in [4.78, 5) is 26.5. The molecule has 1 aromatic carbocycles. The molecule has 168 valence electrons. The summed E-state index contributed by atoms with van der Waals surface area (Å²) < 4.78 is 32.1. The number of ether oxygens (including phenoxy) is 1. The lowest BCUT2D eigenvalue weighted by molar-refractivity contribution is -0.147. The zero-order chi connectivity index (χ0) is 22.5. The van der Waals surface area contributed by atoms with Gasteiger partial charge in [0, 0.05) is 32.1 Å². The minimum Gasteiger partial charge on any atom is -0.469 e. The summed E-state index contributed by atoms with van der Waals surface area (Å²) in [7, 11) is -2.23. The molecular weight excluding hydrogens is 404 g/mol. The molecule has 1 atom stereocenters. The highest BCUT2D eigenvalue weighted by Gasteiger charge is 2.34. The zero-order valence-corrected chi connectivity index (χ0v) is 19.4. The molecule has 1 unspecified atom stereocenters. The molecular formula is C22H34N2O5S. The predicted octanol–water partition coefficient (Wildman–Crippen LogP) is 2.87. The monoisotopic (exact) mass is 438 g/mol. The van der Waals surface area contributed by atoms with Crippen molar-refractivity contribution < 1.29 is 22.7 Å². The van der Waals surface area contributed by atoms with Crippen LogP contribution in [0.1, 0.15) is 52.0 Å². The average molecular weight is 439 g/mol. The highest BCUT2D eigenvalue weighted by molar-refractivity contribution is 7.89. The van der Waals surface area contributed by atoms with E-state index in [4.69, 9.17) is 4.74 Å². The number of piperidine rings is 1. The van der Waals surface area contributed by atoms with Gasteiger partial charge in [-0.3, -0.25) is 9.59 Å². The molecule has 2 rings (SSSR count). The number of hydrogen-bond acceptors (Lipinski definition) is 5. The van der Waals surface area contributed by atoms with Crippen LogP contribution in [0, 0.1) is 11.8 Å². The van der Waals surface area contributed by atoms with Crippen molar-refractivity contribution >= 4 is 21.9 Å². The number of rotatable bonds is 8. The Morgan fingerprint density at radius 2 is 1.70 bits per heavy atom. The third-order valence-corrected chi connectivity index (χ3v) is 7.69. The second-order valence-corrected chi connectivity index (χ2v) is 10.1. The van der Waals surface area contributed by atoms with Crippen molar-refractivity contribution in [3.63, 3.8) is 0 Å². The second kappa shape index (κ2) is 10.4. The Labute approximate surface area is 180 Å². The molecule has 0 saturated carbocycles. The van der Waals surface area contributed by atoms with E-state index in [2.05, 4.69) is 13.8 Å². The number of carbonyl (C=O) groups excluding carboxylic acids is 2. The van der Waals surface area contributed by atoms with Gasteiger partial charge in [0.2, 0.25) is 15.9 Å². The molecule has 0 bridgehead atoms. The van der Waals surface area contributed by atoms with Crippen LogP contribution in [-0.4, -0.2) is 62.8 Å². The van der Waals surface area contributed by atoms with Crippen LogP contribution in [0.4, 0.5) is 0 Å². The van der Waals surface area contributed by atoms with E-state index >= 15 is 0 Å². The Morgan fingerprint density at radius 1 is 1.13 bits per heavy atom. The lowest BCUT2D eigenvalue weighted by Crippen LogP contribution is -2.45. The fraction of sp³-hybridized carbons (Fsp3) is 0.636. The quantitative estimate of drug-likeness (QED) is 0.583. The van der Waals surface area contributed by atoms with Gasteiger partial charge >= 0.3 is 5.97 Å². The number of nitrogens with zero attached hydrogens (tertiary/aromatic N) is 2. The minimum atomic E-state index is -3.57. The third kappa shape index (κ3) is 5.60. The molecule has 8 heteroatoms. The molecule has 7 nitrogen and oxygen atoms in total. The fourth-order valence-electron chi connectivity index (χ4n) is 3.76. The maximum atomic E-state index is 13.0. The summed E-state index contributed by atoms with van der Waals surface area (Å²) in [6.07, 6.45) is 0.955. The average Bonchev–Trinajstić information content (AvgIpc) is 2.76. The fourth-order valence-corrected chi connectivity index (χ4v) is 5.23. The standard InChI is InChI=1S/C22H34N2O5S/c1-6-23(15-17(4)22(26)29-5)21(25)19-11-13-24(14-12-19)30(27,28)20-9-7-18(8-10-20)16(2)3/h7-10,16-17,19H,6,11-15H2,1-5H3. The molecule has 0 spiro atoms. The van der Waals surface area contributed by atoms with Gasteiger partial charge in [0.05, 0.1) is 17.9 Å². The Balaban J connectivity index is 2.00. The van der Waals surface area contributed by atoms with Crippen LogP contribution in [0.5, 0.6) is 0 Å². The van der Waals surface area contributed by atoms with E-state index in [1.54, 1.807) is 24.0 Å². The molecule has 1 aliphatic heterocycles. The Hall–Kier alpha value is -1.93. The van der Waals surface area contributed by atoms with Crippen LogP contribution in [-0.2, 0) is 24.3 Å². The maximum Gasteiger partial charge on any atom is 0.310 e. The first-order valence-electron chi connectivity index (χ1n) is 10.6. The number of methoxy groups -OCH3 is 1. The Kier molecular flexibility index (Phi) is 8.43. The number of carbonyl (C=O) groups is 2. The van der Waals surface area contributed by atoms with Crippen molar-refractivity contribution in [2.24, 2.45) is 11.8 Å². The molecule has 0 radical (unpaired) electrons. The highest BCUT2D eigenvalue weighted by Crippen LogP contribution is 2.26. The van der Waals surface area contributed by atoms with Gasteiger partial charge in [0.25, 0.3) is 0 Å². The Bertz CT molecular complexity index is 828. The number of amides is 1. The van der Waals surface area contributed by atoms with Gasteiger partial charge in [-0.2, -0.15) is 4.31 Å². The van der Waals surface area contributed by atoms with Crippen LogP contribution in [0.25, 0.3) is 0 Å². The van der Waals surface area contributed by atoms with Crippen LogP contribution >= 0.6 is 0 Å². The largest absolute Gasteiger partial charge is 0.469 e. The van der Waals surface area contributed by atoms with E-state index in [0.29, 0.717) is 49.8 Å². The molecule has 1 aliphatic rings. The van der Waals surface area contributed by atoms with Crippen molar-refractivity contribution in [3.8, 4) is 0 Å². The summed E-state index contributed by atoms with van der Waals surface area (Å²) in [5, 5.41) is 0. The minimum absolute atomic E-state index is 0.0217. The van der Waals surface area contributed by atoms with Crippen LogP contribution < -0.4 is 0 Å². The topological polar surface area (TPSA) is 84.0 Å². The molecule has 1 heterocycles. The normalized spacial score (nSPS) is 17.0. The molecule has 1 saturated heterocycles. The predicted molar refractivity (Wildman–Crippen MR) is 115 cm³/mol. The summed E-state index contributed by atoms with van der Waals surface area (Å²) in [6, 6.07) is 7.04. The van der Waals surface area contributed by atoms with E-state index in [-0.39, 0.29) is 17.8 Å². The van der Waals surface area contributed by atoms with Crippen LogP contribution in [0.2, 0.25) is 0 Å². The van der Waals surface area contributed by atoms with E-state index in [9.17, 15) is 18.0 Å². The lowest BCUT2D eigenvalue weighted by atomic mass is 9.96. The van der Waals surface area contributed by atoms with E-state index in [1.807, 2.05) is 19.1 Å². The number of sulfonamides is 1. The number of esters is 1.